The Morgan fingerprint density at radius 2 is 2.04 bits per heavy atom. The number of halogens is 3. The maximum atomic E-state index is 12.9. The highest BCUT2D eigenvalue weighted by Crippen LogP contribution is 2.38. The van der Waals surface area contributed by atoms with Gasteiger partial charge in [-0.1, -0.05) is 13.0 Å². The molecule has 2 aromatic rings. The van der Waals surface area contributed by atoms with E-state index in [1.807, 2.05) is 0 Å². The quantitative estimate of drug-likeness (QED) is 0.768. The fourth-order valence-corrected chi connectivity index (χ4v) is 2.96. The molecule has 3 rings (SSSR count). The van der Waals surface area contributed by atoms with Crippen LogP contribution in [0.2, 0.25) is 0 Å². The Bertz CT molecular complexity index is 917. The molecule has 27 heavy (non-hydrogen) atoms. The maximum Gasteiger partial charge on any atom is 0.416 e. The normalized spacial score (nSPS) is 15.4. The first-order valence-corrected chi connectivity index (χ1v) is 8.58. The molecule has 1 saturated carbocycles. The van der Waals surface area contributed by atoms with E-state index in [2.05, 4.69) is 9.97 Å². The molecular formula is C19H19F3N2O3. The molecule has 1 aliphatic rings. The average molecular weight is 380 g/mol. The molecule has 0 saturated heterocycles. The van der Waals surface area contributed by atoms with Crippen LogP contribution in [-0.4, -0.2) is 22.9 Å². The standard InChI is InChI=1S/C19H19F3N2O3/c1-10(13-6-5-12(19(20,21)22)8-16(13)27-2)7-15(25)14-9-17(26)24-18(23-14)11-3-4-11/h5-6,8-11H,3-4,7H2,1-2H3,(H,23,24,26)/t10-/m0/s1. The molecule has 1 aliphatic carbocycles. The summed E-state index contributed by atoms with van der Waals surface area (Å²) in [5.74, 6) is 0.0452. The summed E-state index contributed by atoms with van der Waals surface area (Å²) in [5.41, 5.74) is -0.619. The Morgan fingerprint density at radius 1 is 1.33 bits per heavy atom. The predicted octanol–water partition coefficient (Wildman–Crippen LogP) is 4.05. The smallest absolute Gasteiger partial charge is 0.416 e. The number of Topliss-reactive ketones (excluding diaryl/α,β-unsaturated/α-hetero) is 1. The van der Waals surface area contributed by atoms with E-state index < -0.39 is 17.7 Å². The Hall–Kier alpha value is -2.64. The molecule has 0 amide bonds. The predicted molar refractivity (Wildman–Crippen MR) is 92.2 cm³/mol. The van der Waals surface area contributed by atoms with Crippen LogP contribution in [0.3, 0.4) is 0 Å². The highest BCUT2D eigenvalue weighted by atomic mass is 19.4. The molecule has 8 heteroatoms. The first kappa shape index (κ1) is 19.1. The van der Waals surface area contributed by atoms with Crippen LogP contribution in [0.25, 0.3) is 0 Å². The average Bonchev–Trinajstić information content (AvgIpc) is 3.44. The van der Waals surface area contributed by atoms with Crippen LogP contribution in [0.1, 0.15) is 65.5 Å². The lowest BCUT2D eigenvalue weighted by Gasteiger charge is -2.17. The number of carbonyl (C=O) groups is 1. The van der Waals surface area contributed by atoms with Crippen LogP contribution in [0.4, 0.5) is 13.2 Å². The number of hydrogen-bond donors (Lipinski definition) is 1. The third-order valence-corrected chi connectivity index (χ3v) is 4.59. The molecule has 1 heterocycles. The van der Waals surface area contributed by atoms with E-state index in [9.17, 15) is 22.8 Å². The summed E-state index contributed by atoms with van der Waals surface area (Å²) in [6.07, 6.45) is -2.61. The first-order valence-electron chi connectivity index (χ1n) is 8.58. The summed E-state index contributed by atoms with van der Waals surface area (Å²) in [5, 5.41) is 0. The van der Waals surface area contributed by atoms with E-state index in [0.29, 0.717) is 11.4 Å². The van der Waals surface area contributed by atoms with E-state index >= 15 is 0 Å². The van der Waals surface area contributed by atoms with Crippen molar-refractivity contribution in [2.45, 2.75) is 44.2 Å². The second-order valence-corrected chi connectivity index (χ2v) is 6.77. The van der Waals surface area contributed by atoms with Crippen LogP contribution in [0.15, 0.2) is 29.1 Å². The molecule has 144 valence electrons. The van der Waals surface area contributed by atoms with Crippen LogP contribution in [0.5, 0.6) is 5.75 Å². The fraction of sp³-hybridized carbons (Fsp3) is 0.421. The van der Waals surface area contributed by atoms with Crippen molar-refractivity contribution in [3.8, 4) is 5.75 Å². The number of ether oxygens (including phenoxy) is 1. The van der Waals surface area contributed by atoms with Crippen molar-refractivity contribution in [1.82, 2.24) is 9.97 Å². The van der Waals surface area contributed by atoms with Crippen LogP contribution in [0, 0.1) is 0 Å². The Balaban J connectivity index is 1.81. The maximum absolute atomic E-state index is 12.9. The number of ketones is 1. The zero-order valence-electron chi connectivity index (χ0n) is 14.9. The first-order chi connectivity index (χ1) is 12.7. The van der Waals surface area contributed by atoms with E-state index in [1.54, 1.807) is 6.92 Å². The molecule has 0 aliphatic heterocycles. The van der Waals surface area contributed by atoms with Gasteiger partial charge in [0.2, 0.25) is 0 Å². The summed E-state index contributed by atoms with van der Waals surface area (Å²) in [6.45, 7) is 1.72. The lowest BCUT2D eigenvalue weighted by atomic mass is 9.93. The Kier molecular flexibility index (Phi) is 5.08. The topological polar surface area (TPSA) is 72.1 Å². The third-order valence-electron chi connectivity index (χ3n) is 4.59. The summed E-state index contributed by atoms with van der Waals surface area (Å²) < 4.78 is 43.7. The van der Waals surface area contributed by atoms with Gasteiger partial charge in [-0.25, -0.2) is 4.98 Å². The van der Waals surface area contributed by atoms with Gasteiger partial charge in [0, 0.05) is 18.4 Å². The summed E-state index contributed by atoms with van der Waals surface area (Å²) in [4.78, 5) is 31.2. The van der Waals surface area contributed by atoms with Gasteiger partial charge >= 0.3 is 6.18 Å². The Morgan fingerprint density at radius 3 is 2.63 bits per heavy atom. The van der Waals surface area contributed by atoms with Gasteiger partial charge in [-0.3, -0.25) is 9.59 Å². The van der Waals surface area contributed by atoms with Gasteiger partial charge in [0.25, 0.3) is 5.56 Å². The summed E-state index contributed by atoms with van der Waals surface area (Å²) in [7, 11) is 1.29. The number of hydrogen-bond acceptors (Lipinski definition) is 4. The highest BCUT2D eigenvalue weighted by molar-refractivity contribution is 5.94. The Labute approximate surface area is 153 Å². The minimum atomic E-state index is -4.47. The number of nitrogens with one attached hydrogen (secondary N) is 1. The lowest BCUT2D eigenvalue weighted by Crippen LogP contribution is -2.17. The van der Waals surface area contributed by atoms with Gasteiger partial charge in [0.1, 0.15) is 17.3 Å². The van der Waals surface area contributed by atoms with Crippen LogP contribution < -0.4 is 10.3 Å². The van der Waals surface area contributed by atoms with Crippen LogP contribution in [-0.2, 0) is 6.18 Å². The van der Waals surface area contributed by atoms with Crippen LogP contribution >= 0.6 is 0 Å². The molecule has 5 nitrogen and oxygen atoms in total. The molecule has 0 bridgehead atoms. The number of aromatic amines is 1. The number of benzene rings is 1. The van der Waals surface area contributed by atoms with E-state index in [4.69, 9.17) is 4.74 Å². The van der Waals surface area contributed by atoms with Crippen molar-refractivity contribution in [3.05, 3.63) is 57.3 Å². The molecule has 1 aromatic carbocycles. The van der Waals surface area contributed by atoms with Crippen molar-refractivity contribution < 1.29 is 22.7 Å². The minimum absolute atomic E-state index is 0.00227. The van der Waals surface area contributed by atoms with Gasteiger partial charge in [-0.15, -0.1) is 0 Å². The monoisotopic (exact) mass is 380 g/mol. The number of alkyl halides is 3. The fourth-order valence-electron chi connectivity index (χ4n) is 2.96. The number of methoxy groups -OCH3 is 1. The zero-order valence-corrected chi connectivity index (χ0v) is 14.9. The van der Waals surface area contributed by atoms with E-state index in [1.165, 1.54) is 13.2 Å². The van der Waals surface area contributed by atoms with Crippen molar-refractivity contribution in [2.75, 3.05) is 7.11 Å². The zero-order chi connectivity index (χ0) is 19.8. The minimum Gasteiger partial charge on any atom is -0.496 e. The van der Waals surface area contributed by atoms with E-state index in [-0.39, 0.29) is 35.1 Å². The number of rotatable bonds is 6. The number of carbonyl (C=O) groups excluding carboxylic acids is 1. The molecule has 0 spiro atoms. The number of nitrogens with zero attached hydrogens (tertiary/aromatic N) is 1. The third kappa shape index (κ3) is 4.37. The molecule has 1 atom stereocenters. The summed E-state index contributed by atoms with van der Waals surface area (Å²) >= 11 is 0. The molecular weight excluding hydrogens is 361 g/mol. The molecule has 1 aromatic heterocycles. The second kappa shape index (κ2) is 7.17. The second-order valence-electron chi connectivity index (χ2n) is 6.77. The van der Waals surface area contributed by atoms with Crippen molar-refractivity contribution >= 4 is 5.78 Å². The van der Waals surface area contributed by atoms with Crippen molar-refractivity contribution in [2.24, 2.45) is 0 Å². The molecule has 0 radical (unpaired) electrons. The SMILES string of the molecule is COc1cc(C(F)(F)F)ccc1[C@@H](C)CC(=O)c1cc(=O)[nH]c(C2CC2)n1. The largest absolute Gasteiger partial charge is 0.496 e. The van der Waals surface area contributed by atoms with Gasteiger partial charge < -0.3 is 9.72 Å². The summed E-state index contributed by atoms with van der Waals surface area (Å²) in [6, 6.07) is 4.37. The van der Waals surface area contributed by atoms with Crippen molar-refractivity contribution in [1.29, 1.82) is 0 Å². The molecule has 0 unspecified atom stereocenters. The van der Waals surface area contributed by atoms with E-state index in [0.717, 1.165) is 31.0 Å². The van der Waals surface area contributed by atoms with Gasteiger partial charge in [0.05, 0.1) is 12.7 Å². The molecule has 1 fully saturated rings. The van der Waals surface area contributed by atoms with Gasteiger partial charge in [-0.2, -0.15) is 13.2 Å². The van der Waals surface area contributed by atoms with Gasteiger partial charge in [0.15, 0.2) is 5.78 Å². The van der Waals surface area contributed by atoms with Crippen molar-refractivity contribution in [3.63, 3.8) is 0 Å². The van der Waals surface area contributed by atoms with Gasteiger partial charge in [-0.05, 0) is 36.5 Å². The number of aromatic nitrogens is 2. The highest BCUT2D eigenvalue weighted by Gasteiger charge is 2.32. The lowest BCUT2D eigenvalue weighted by molar-refractivity contribution is -0.137. The number of H-pyrrole nitrogens is 1. The molecule has 1 N–H and O–H groups in total.